The van der Waals surface area contributed by atoms with Crippen molar-refractivity contribution in [3.05, 3.63) is 65.3 Å². The number of thiazole rings is 1. The average molecular weight is 360 g/mol. The van der Waals surface area contributed by atoms with Crippen LogP contribution in [0.15, 0.2) is 52.5 Å². The van der Waals surface area contributed by atoms with Crippen LogP contribution in [0.3, 0.4) is 0 Å². The molecule has 0 saturated heterocycles. The molecule has 0 fully saturated rings. The summed E-state index contributed by atoms with van der Waals surface area (Å²) in [5.74, 6) is 0.192. The Bertz CT molecular complexity index is 815. The van der Waals surface area contributed by atoms with Crippen molar-refractivity contribution in [1.29, 1.82) is 0 Å². The van der Waals surface area contributed by atoms with Crippen LogP contribution in [0.25, 0.3) is 10.6 Å². The first-order chi connectivity index (χ1) is 12.2. The SMILES string of the molecule is COCCN(Cc1ccco1)C(=O)c1csc(-c2ccc(F)cc2)n1. The number of amides is 1. The summed E-state index contributed by atoms with van der Waals surface area (Å²) in [6, 6.07) is 9.64. The monoisotopic (exact) mass is 360 g/mol. The number of benzene rings is 1. The summed E-state index contributed by atoms with van der Waals surface area (Å²) in [5, 5.41) is 2.39. The van der Waals surface area contributed by atoms with Crippen molar-refractivity contribution in [2.24, 2.45) is 0 Å². The zero-order valence-electron chi connectivity index (χ0n) is 13.6. The first-order valence-electron chi connectivity index (χ1n) is 7.69. The zero-order chi connectivity index (χ0) is 17.6. The molecule has 0 spiro atoms. The molecular weight excluding hydrogens is 343 g/mol. The molecule has 0 radical (unpaired) electrons. The predicted octanol–water partition coefficient (Wildman–Crippen LogP) is 3.83. The van der Waals surface area contributed by atoms with Crippen molar-refractivity contribution in [2.45, 2.75) is 6.54 Å². The fourth-order valence-corrected chi connectivity index (χ4v) is 3.10. The first-order valence-corrected chi connectivity index (χ1v) is 8.57. The second-order valence-electron chi connectivity index (χ2n) is 5.34. The molecule has 0 bridgehead atoms. The lowest BCUT2D eigenvalue weighted by atomic mass is 10.2. The quantitative estimate of drug-likeness (QED) is 0.643. The van der Waals surface area contributed by atoms with Crippen LogP contribution >= 0.6 is 11.3 Å². The molecule has 3 aromatic rings. The summed E-state index contributed by atoms with van der Waals surface area (Å²) >= 11 is 1.35. The minimum atomic E-state index is -0.305. The first kappa shape index (κ1) is 17.3. The highest BCUT2D eigenvalue weighted by Crippen LogP contribution is 2.24. The number of ether oxygens (including phenoxy) is 1. The van der Waals surface area contributed by atoms with E-state index in [4.69, 9.17) is 9.15 Å². The van der Waals surface area contributed by atoms with Gasteiger partial charge in [-0.3, -0.25) is 4.79 Å². The fourth-order valence-electron chi connectivity index (χ4n) is 2.30. The van der Waals surface area contributed by atoms with Gasteiger partial charge in [0.1, 0.15) is 22.3 Å². The van der Waals surface area contributed by atoms with E-state index in [0.717, 1.165) is 5.56 Å². The molecule has 25 heavy (non-hydrogen) atoms. The number of halogens is 1. The van der Waals surface area contributed by atoms with E-state index in [-0.39, 0.29) is 11.7 Å². The van der Waals surface area contributed by atoms with Gasteiger partial charge in [-0.05, 0) is 36.4 Å². The molecule has 0 aliphatic carbocycles. The molecule has 0 unspecified atom stereocenters. The summed E-state index contributed by atoms with van der Waals surface area (Å²) in [6.07, 6.45) is 1.57. The Morgan fingerprint density at radius 3 is 2.80 bits per heavy atom. The Balaban J connectivity index is 1.78. The van der Waals surface area contributed by atoms with Gasteiger partial charge in [-0.2, -0.15) is 0 Å². The van der Waals surface area contributed by atoms with Gasteiger partial charge in [-0.1, -0.05) is 0 Å². The van der Waals surface area contributed by atoms with Crippen molar-refractivity contribution in [3.63, 3.8) is 0 Å². The van der Waals surface area contributed by atoms with Crippen molar-refractivity contribution < 1.29 is 18.3 Å². The lowest BCUT2D eigenvalue weighted by Gasteiger charge is -2.20. The number of rotatable bonds is 7. The van der Waals surface area contributed by atoms with Crippen molar-refractivity contribution in [2.75, 3.05) is 20.3 Å². The molecular formula is C18H17FN2O3S. The zero-order valence-corrected chi connectivity index (χ0v) is 14.5. The van der Waals surface area contributed by atoms with Gasteiger partial charge in [0, 0.05) is 24.6 Å². The van der Waals surface area contributed by atoms with Crippen molar-refractivity contribution >= 4 is 17.2 Å². The van der Waals surface area contributed by atoms with Gasteiger partial charge in [0.25, 0.3) is 5.91 Å². The summed E-state index contributed by atoms with van der Waals surface area (Å²) in [4.78, 5) is 18.8. The standard InChI is InChI=1S/C18H17FN2O3S/c1-23-10-8-21(11-15-3-2-9-24-15)18(22)16-12-25-17(20-16)13-4-6-14(19)7-5-13/h2-7,9,12H,8,10-11H2,1H3. The molecule has 0 N–H and O–H groups in total. The van der Waals surface area contributed by atoms with Crippen LogP contribution in [-0.4, -0.2) is 36.1 Å². The van der Waals surface area contributed by atoms with E-state index < -0.39 is 0 Å². The molecule has 2 aromatic heterocycles. The molecule has 1 aromatic carbocycles. The molecule has 1 amide bonds. The fraction of sp³-hybridized carbons (Fsp3) is 0.222. The number of carbonyl (C=O) groups is 1. The summed E-state index contributed by atoms with van der Waals surface area (Å²) in [5.41, 5.74) is 1.13. The molecule has 0 saturated carbocycles. The van der Waals surface area contributed by atoms with Gasteiger partial charge in [0.15, 0.2) is 0 Å². The van der Waals surface area contributed by atoms with E-state index >= 15 is 0 Å². The second kappa shape index (κ2) is 8.04. The van der Waals surface area contributed by atoms with Gasteiger partial charge in [-0.15, -0.1) is 11.3 Å². The van der Waals surface area contributed by atoms with E-state index in [1.807, 2.05) is 6.07 Å². The van der Waals surface area contributed by atoms with Crippen LogP contribution in [-0.2, 0) is 11.3 Å². The third-order valence-corrected chi connectivity index (χ3v) is 4.49. The van der Waals surface area contributed by atoms with E-state index in [2.05, 4.69) is 4.98 Å². The second-order valence-corrected chi connectivity index (χ2v) is 6.20. The van der Waals surface area contributed by atoms with E-state index in [1.165, 1.54) is 23.5 Å². The van der Waals surface area contributed by atoms with Gasteiger partial charge < -0.3 is 14.1 Å². The number of nitrogens with zero attached hydrogens (tertiary/aromatic N) is 2. The Labute approximate surface area is 148 Å². The highest BCUT2D eigenvalue weighted by Gasteiger charge is 2.20. The van der Waals surface area contributed by atoms with Crippen LogP contribution in [0, 0.1) is 5.82 Å². The molecule has 0 aliphatic rings. The summed E-state index contributed by atoms with van der Waals surface area (Å²) in [6.45, 7) is 1.19. The number of aromatic nitrogens is 1. The maximum Gasteiger partial charge on any atom is 0.273 e. The predicted molar refractivity (Wildman–Crippen MR) is 92.8 cm³/mol. The molecule has 130 valence electrons. The van der Waals surface area contributed by atoms with Crippen LogP contribution in [0.2, 0.25) is 0 Å². The third-order valence-electron chi connectivity index (χ3n) is 3.59. The largest absolute Gasteiger partial charge is 0.467 e. The lowest BCUT2D eigenvalue weighted by Crippen LogP contribution is -2.33. The topological polar surface area (TPSA) is 55.6 Å². The smallest absolute Gasteiger partial charge is 0.273 e. The van der Waals surface area contributed by atoms with Crippen LogP contribution < -0.4 is 0 Å². The number of carbonyl (C=O) groups excluding carboxylic acids is 1. The maximum absolute atomic E-state index is 13.0. The Kier molecular flexibility index (Phi) is 5.57. The van der Waals surface area contributed by atoms with E-state index in [0.29, 0.717) is 36.2 Å². The van der Waals surface area contributed by atoms with E-state index in [1.54, 1.807) is 41.9 Å². The normalized spacial score (nSPS) is 10.8. The molecule has 2 heterocycles. The minimum Gasteiger partial charge on any atom is -0.467 e. The number of furan rings is 1. The van der Waals surface area contributed by atoms with Crippen molar-refractivity contribution in [1.82, 2.24) is 9.88 Å². The summed E-state index contributed by atoms with van der Waals surface area (Å²) in [7, 11) is 1.59. The van der Waals surface area contributed by atoms with Crippen LogP contribution in [0.5, 0.6) is 0 Å². The highest BCUT2D eigenvalue weighted by molar-refractivity contribution is 7.13. The molecule has 3 rings (SSSR count). The molecule has 0 aliphatic heterocycles. The number of methoxy groups -OCH3 is 1. The average Bonchev–Trinajstić information content (AvgIpc) is 3.30. The highest BCUT2D eigenvalue weighted by atomic mass is 32.1. The Hall–Kier alpha value is -2.51. The van der Waals surface area contributed by atoms with Gasteiger partial charge in [0.2, 0.25) is 0 Å². The maximum atomic E-state index is 13.0. The minimum absolute atomic E-state index is 0.196. The lowest BCUT2D eigenvalue weighted by molar-refractivity contribution is 0.0661. The molecule has 7 heteroatoms. The van der Waals surface area contributed by atoms with Crippen molar-refractivity contribution in [3.8, 4) is 10.6 Å². The van der Waals surface area contributed by atoms with Gasteiger partial charge in [-0.25, -0.2) is 9.37 Å². The van der Waals surface area contributed by atoms with Crippen LogP contribution in [0.1, 0.15) is 16.2 Å². The number of hydrogen-bond donors (Lipinski definition) is 0. The number of hydrogen-bond acceptors (Lipinski definition) is 5. The Morgan fingerprint density at radius 1 is 1.32 bits per heavy atom. The van der Waals surface area contributed by atoms with Gasteiger partial charge in [0.05, 0.1) is 19.4 Å². The van der Waals surface area contributed by atoms with Gasteiger partial charge >= 0.3 is 0 Å². The van der Waals surface area contributed by atoms with E-state index in [9.17, 15) is 9.18 Å². The summed E-state index contributed by atoms with van der Waals surface area (Å²) < 4.78 is 23.5. The Morgan fingerprint density at radius 2 is 2.12 bits per heavy atom. The van der Waals surface area contributed by atoms with Crippen LogP contribution in [0.4, 0.5) is 4.39 Å². The third kappa shape index (κ3) is 4.32. The molecule has 5 nitrogen and oxygen atoms in total. The molecule has 0 atom stereocenters.